The number of hydrogen-bond acceptors (Lipinski definition) is 2. The Bertz CT molecular complexity index is 570. The highest BCUT2D eigenvalue weighted by Crippen LogP contribution is 2.12. The fourth-order valence-electron chi connectivity index (χ4n) is 2.53. The van der Waals surface area contributed by atoms with Crippen molar-refractivity contribution >= 4 is 11.9 Å². The number of aryl methyl sites for hydroxylation is 1. The van der Waals surface area contributed by atoms with E-state index in [1.165, 1.54) is 0 Å². The minimum Gasteiger partial charge on any atom is -0.337 e. The zero-order chi connectivity index (χ0) is 17.0. The molecule has 0 aromatic heterocycles. The van der Waals surface area contributed by atoms with Crippen LogP contribution in [0.5, 0.6) is 0 Å². The van der Waals surface area contributed by atoms with Crippen LogP contribution < -0.4 is 5.32 Å². The maximum Gasteiger partial charge on any atom is 0.317 e. The molecule has 1 fully saturated rings. The quantitative estimate of drug-likeness (QED) is 0.911. The summed E-state index contributed by atoms with van der Waals surface area (Å²) >= 11 is 0. The summed E-state index contributed by atoms with van der Waals surface area (Å²) in [5, 5.41) is 2.96. The van der Waals surface area contributed by atoms with Gasteiger partial charge in [0.2, 0.25) is 0 Å². The van der Waals surface area contributed by atoms with Crippen molar-refractivity contribution in [2.24, 2.45) is 5.41 Å². The third-order valence-electron chi connectivity index (χ3n) is 3.89. The van der Waals surface area contributed by atoms with Crippen LogP contribution in [0.2, 0.25) is 0 Å². The lowest BCUT2D eigenvalue weighted by atomic mass is 9.97. The van der Waals surface area contributed by atoms with E-state index < -0.39 is 0 Å². The zero-order valence-electron chi connectivity index (χ0n) is 14.6. The van der Waals surface area contributed by atoms with Crippen molar-refractivity contribution in [3.05, 3.63) is 35.4 Å². The van der Waals surface area contributed by atoms with E-state index in [0.717, 1.165) is 11.1 Å². The molecule has 0 unspecified atom stereocenters. The van der Waals surface area contributed by atoms with Crippen molar-refractivity contribution < 1.29 is 9.59 Å². The van der Waals surface area contributed by atoms with Gasteiger partial charge < -0.3 is 15.1 Å². The van der Waals surface area contributed by atoms with Crippen LogP contribution in [0.25, 0.3) is 0 Å². The molecule has 1 N–H and O–H groups in total. The van der Waals surface area contributed by atoms with Gasteiger partial charge in [0.1, 0.15) is 0 Å². The summed E-state index contributed by atoms with van der Waals surface area (Å²) in [5.74, 6) is 0.0449. The number of amides is 3. The predicted octanol–water partition coefficient (Wildman–Crippen LogP) is 2.51. The van der Waals surface area contributed by atoms with Gasteiger partial charge in [-0.1, -0.05) is 38.5 Å². The van der Waals surface area contributed by atoms with Crippen molar-refractivity contribution in [1.29, 1.82) is 0 Å². The topological polar surface area (TPSA) is 52.7 Å². The number of urea groups is 1. The van der Waals surface area contributed by atoms with Gasteiger partial charge in [-0.05, 0) is 24.5 Å². The Morgan fingerprint density at radius 2 is 1.70 bits per heavy atom. The lowest BCUT2D eigenvalue weighted by Gasteiger charge is -2.35. The third kappa shape index (κ3) is 4.98. The van der Waals surface area contributed by atoms with Crippen LogP contribution in [0, 0.1) is 12.3 Å². The summed E-state index contributed by atoms with van der Waals surface area (Å²) in [6.45, 7) is 11.2. The number of nitrogens with zero attached hydrogens (tertiary/aromatic N) is 2. The fraction of sp³-hybridized carbons (Fsp3) is 0.556. The molecule has 1 aliphatic rings. The monoisotopic (exact) mass is 317 g/mol. The summed E-state index contributed by atoms with van der Waals surface area (Å²) in [5.41, 5.74) is 1.87. The predicted molar refractivity (Wildman–Crippen MR) is 91.5 cm³/mol. The van der Waals surface area contributed by atoms with Gasteiger partial charge in [-0.2, -0.15) is 0 Å². The maximum atomic E-state index is 12.5. The molecule has 0 atom stereocenters. The molecule has 1 aliphatic heterocycles. The summed E-state index contributed by atoms with van der Waals surface area (Å²) in [6.07, 6.45) is 0. The highest BCUT2D eigenvalue weighted by molar-refractivity contribution is 5.94. The standard InChI is InChI=1S/C18H27N3O2/c1-14-6-5-7-15(12-14)16(22)20-8-10-21(11-9-20)17(23)19-13-18(2,3)4/h5-7,12H,8-11,13H2,1-4H3,(H,19,23). The number of nitrogens with one attached hydrogen (secondary N) is 1. The molecular weight excluding hydrogens is 290 g/mol. The molecule has 1 aromatic carbocycles. The number of carbonyl (C=O) groups is 2. The second-order valence-corrected chi connectivity index (χ2v) is 7.37. The molecule has 23 heavy (non-hydrogen) atoms. The van der Waals surface area contributed by atoms with Gasteiger partial charge in [-0.25, -0.2) is 4.79 Å². The van der Waals surface area contributed by atoms with Gasteiger partial charge in [0.05, 0.1) is 0 Å². The molecule has 2 rings (SSSR count). The summed E-state index contributed by atoms with van der Waals surface area (Å²) < 4.78 is 0. The lowest BCUT2D eigenvalue weighted by Crippen LogP contribution is -2.53. The zero-order valence-corrected chi connectivity index (χ0v) is 14.6. The largest absolute Gasteiger partial charge is 0.337 e. The molecule has 1 aromatic rings. The van der Waals surface area contributed by atoms with E-state index in [1.54, 1.807) is 4.90 Å². The van der Waals surface area contributed by atoms with E-state index >= 15 is 0 Å². The van der Waals surface area contributed by atoms with Crippen molar-refractivity contribution in [2.45, 2.75) is 27.7 Å². The van der Waals surface area contributed by atoms with Gasteiger partial charge in [-0.3, -0.25) is 4.79 Å². The molecule has 0 aliphatic carbocycles. The van der Waals surface area contributed by atoms with Gasteiger partial charge in [0.15, 0.2) is 0 Å². The summed E-state index contributed by atoms with van der Waals surface area (Å²) in [4.78, 5) is 28.2. The molecule has 0 radical (unpaired) electrons. The van der Waals surface area contributed by atoms with Crippen molar-refractivity contribution in [3.8, 4) is 0 Å². The first kappa shape index (κ1) is 17.3. The fourth-order valence-corrected chi connectivity index (χ4v) is 2.53. The highest BCUT2D eigenvalue weighted by atomic mass is 16.2. The smallest absolute Gasteiger partial charge is 0.317 e. The molecule has 1 heterocycles. The van der Waals surface area contributed by atoms with Crippen LogP contribution in [0.1, 0.15) is 36.7 Å². The van der Waals surface area contributed by atoms with Gasteiger partial charge in [-0.15, -0.1) is 0 Å². The third-order valence-corrected chi connectivity index (χ3v) is 3.89. The number of carbonyl (C=O) groups excluding carboxylic acids is 2. The molecular formula is C18H27N3O2. The van der Waals surface area contributed by atoms with Crippen LogP contribution in [-0.4, -0.2) is 54.5 Å². The molecule has 5 heteroatoms. The number of benzene rings is 1. The first-order valence-electron chi connectivity index (χ1n) is 8.15. The van der Waals surface area contributed by atoms with Crippen molar-refractivity contribution in [1.82, 2.24) is 15.1 Å². The van der Waals surface area contributed by atoms with E-state index in [9.17, 15) is 9.59 Å². The maximum absolute atomic E-state index is 12.5. The minimum absolute atomic E-state index is 0.0393. The first-order chi connectivity index (χ1) is 10.8. The molecule has 0 saturated carbocycles. The van der Waals surface area contributed by atoms with Crippen molar-refractivity contribution in [3.63, 3.8) is 0 Å². The van der Waals surface area contributed by atoms with Crippen LogP contribution in [-0.2, 0) is 0 Å². The number of piperazine rings is 1. The second kappa shape index (κ2) is 7.02. The highest BCUT2D eigenvalue weighted by Gasteiger charge is 2.25. The van der Waals surface area contributed by atoms with E-state index in [1.807, 2.05) is 36.1 Å². The van der Waals surface area contributed by atoms with E-state index in [0.29, 0.717) is 32.7 Å². The summed E-state index contributed by atoms with van der Waals surface area (Å²) in [7, 11) is 0. The van der Waals surface area contributed by atoms with Crippen LogP contribution in [0.3, 0.4) is 0 Å². The van der Waals surface area contributed by atoms with E-state index in [-0.39, 0.29) is 17.4 Å². The molecule has 5 nitrogen and oxygen atoms in total. The number of hydrogen-bond donors (Lipinski definition) is 1. The molecule has 1 saturated heterocycles. The molecule has 3 amide bonds. The Labute approximate surface area is 138 Å². The van der Waals surface area contributed by atoms with Crippen LogP contribution in [0.4, 0.5) is 4.79 Å². The molecule has 0 bridgehead atoms. The minimum atomic E-state index is -0.0393. The SMILES string of the molecule is Cc1cccc(C(=O)N2CCN(C(=O)NCC(C)(C)C)CC2)c1. The summed E-state index contributed by atoms with van der Waals surface area (Å²) in [6, 6.07) is 7.60. The van der Waals surface area contributed by atoms with Gasteiger partial charge >= 0.3 is 6.03 Å². The average molecular weight is 317 g/mol. The van der Waals surface area contributed by atoms with E-state index in [4.69, 9.17) is 0 Å². The molecule has 0 spiro atoms. The van der Waals surface area contributed by atoms with Gasteiger partial charge in [0.25, 0.3) is 5.91 Å². The van der Waals surface area contributed by atoms with Gasteiger partial charge in [0, 0.05) is 38.3 Å². The van der Waals surface area contributed by atoms with Crippen molar-refractivity contribution in [2.75, 3.05) is 32.7 Å². The molecule has 126 valence electrons. The lowest BCUT2D eigenvalue weighted by molar-refractivity contribution is 0.0664. The Balaban J connectivity index is 1.86. The Hall–Kier alpha value is -2.04. The van der Waals surface area contributed by atoms with Crippen LogP contribution >= 0.6 is 0 Å². The second-order valence-electron chi connectivity index (χ2n) is 7.37. The Kier molecular flexibility index (Phi) is 5.29. The Morgan fingerprint density at radius 3 is 2.26 bits per heavy atom. The Morgan fingerprint density at radius 1 is 1.09 bits per heavy atom. The number of rotatable bonds is 2. The average Bonchev–Trinajstić information content (AvgIpc) is 2.51. The first-order valence-corrected chi connectivity index (χ1v) is 8.15. The van der Waals surface area contributed by atoms with Crippen LogP contribution in [0.15, 0.2) is 24.3 Å². The van der Waals surface area contributed by atoms with E-state index in [2.05, 4.69) is 26.1 Å². The normalized spacial score (nSPS) is 15.5.